The maximum absolute atomic E-state index is 5.61. The molecule has 2 rings (SSSR count). The molecule has 0 unspecified atom stereocenters. The average Bonchev–Trinajstić information content (AvgIpc) is 2.54. The van der Waals surface area contributed by atoms with Crippen molar-refractivity contribution < 1.29 is 4.74 Å². The molecule has 0 amide bonds. The fourth-order valence-corrected chi connectivity index (χ4v) is 1.89. The van der Waals surface area contributed by atoms with Gasteiger partial charge in [-0.25, -0.2) is 0 Å². The van der Waals surface area contributed by atoms with Crippen molar-refractivity contribution in [1.29, 1.82) is 0 Å². The summed E-state index contributed by atoms with van der Waals surface area (Å²) >= 11 is 0. The summed E-state index contributed by atoms with van der Waals surface area (Å²) in [5.41, 5.74) is 2.28. The molecular formula is C19H21NO. The van der Waals surface area contributed by atoms with Gasteiger partial charge in [0.1, 0.15) is 12.4 Å². The van der Waals surface area contributed by atoms with E-state index < -0.39 is 0 Å². The van der Waals surface area contributed by atoms with Crippen LogP contribution in [0.4, 0.5) is 0 Å². The average molecular weight is 279 g/mol. The first-order valence-corrected chi connectivity index (χ1v) is 7.35. The van der Waals surface area contributed by atoms with E-state index in [1.54, 1.807) is 0 Å². The van der Waals surface area contributed by atoms with Crippen molar-refractivity contribution in [3.05, 3.63) is 65.7 Å². The molecule has 2 heteroatoms. The fourth-order valence-electron chi connectivity index (χ4n) is 1.89. The summed E-state index contributed by atoms with van der Waals surface area (Å²) in [6.45, 7) is 4.53. The summed E-state index contributed by atoms with van der Waals surface area (Å²) in [5, 5.41) is 3.38. The predicted octanol–water partition coefficient (Wildman–Crippen LogP) is 3.62. The highest BCUT2D eigenvalue weighted by Gasteiger charge is 1.94. The van der Waals surface area contributed by atoms with E-state index in [0.717, 1.165) is 30.8 Å². The maximum Gasteiger partial charge on any atom is 0.149 e. The van der Waals surface area contributed by atoms with Crippen molar-refractivity contribution in [2.75, 3.05) is 13.2 Å². The summed E-state index contributed by atoms with van der Waals surface area (Å²) in [4.78, 5) is 0. The van der Waals surface area contributed by atoms with Crippen molar-refractivity contribution in [2.24, 2.45) is 0 Å². The van der Waals surface area contributed by atoms with Crippen LogP contribution in [0.2, 0.25) is 0 Å². The number of rotatable bonds is 6. The molecule has 0 saturated heterocycles. The van der Waals surface area contributed by atoms with Gasteiger partial charge in [0.15, 0.2) is 0 Å². The standard InChI is InChI=1S/C19H21NO/c1-2-14-20-16-18-10-12-19(13-11-18)21-15-6-9-17-7-4-3-5-8-17/h3-5,7-8,10-13,20H,2,14-16H2,1H3. The molecule has 0 radical (unpaired) electrons. The normalized spacial score (nSPS) is 9.76. The Labute approximate surface area is 127 Å². The van der Waals surface area contributed by atoms with E-state index in [-0.39, 0.29) is 0 Å². The summed E-state index contributed by atoms with van der Waals surface area (Å²) in [6, 6.07) is 18.1. The van der Waals surface area contributed by atoms with Crippen molar-refractivity contribution in [3.63, 3.8) is 0 Å². The Morgan fingerprint density at radius 2 is 1.76 bits per heavy atom. The zero-order valence-corrected chi connectivity index (χ0v) is 12.4. The smallest absolute Gasteiger partial charge is 0.149 e. The van der Waals surface area contributed by atoms with Gasteiger partial charge in [-0.1, -0.05) is 49.1 Å². The minimum atomic E-state index is 0.405. The molecule has 0 aliphatic carbocycles. The van der Waals surface area contributed by atoms with Gasteiger partial charge in [-0.2, -0.15) is 0 Å². The molecule has 2 aromatic rings. The Morgan fingerprint density at radius 1 is 1.00 bits per heavy atom. The number of nitrogens with one attached hydrogen (secondary N) is 1. The highest BCUT2D eigenvalue weighted by atomic mass is 16.5. The Kier molecular flexibility index (Phi) is 6.38. The third kappa shape index (κ3) is 5.72. The second-order valence-electron chi connectivity index (χ2n) is 4.78. The molecule has 1 N–H and O–H groups in total. The molecule has 0 aliphatic heterocycles. The van der Waals surface area contributed by atoms with Gasteiger partial charge in [-0.05, 0) is 42.8 Å². The van der Waals surface area contributed by atoms with Crippen LogP contribution in [0.5, 0.6) is 5.75 Å². The van der Waals surface area contributed by atoms with Gasteiger partial charge in [-0.3, -0.25) is 0 Å². The van der Waals surface area contributed by atoms with Crippen LogP contribution in [-0.2, 0) is 6.54 Å². The van der Waals surface area contributed by atoms with Gasteiger partial charge >= 0.3 is 0 Å². The summed E-state index contributed by atoms with van der Waals surface area (Å²) in [7, 11) is 0. The third-order valence-corrected chi connectivity index (χ3v) is 3.00. The van der Waals surface area contributed by atoms with E-state index in [1.165, 1.54) is 5.56 Å². The maximum atomic E-state index is 5.61. The van der Waals surface area contributed by atoms with Crippen LogP contribution < -0.4 is 10.1 Å². The topological polar surface area (TPSA) is 21.3 Å². The molecule has 2 nitrogen and oxygen atoms in total. The van der Waals surface area contributed by atoms with Crippen LogP contribution in [0.3, 0.4) is 0 Å². The van der Waals surface area contributed by atoms with Crippen LogP contribution >= 0.6 is 0 Å². The van der Waals surface area contributed by atoms with Gasteiger partial charge in [0, 0.05) is 12.1 Å². The Hall–Kier alpha value is -2.24. The van der Waals surface area contributed by atoms with Crippen LogP contribution in [0.15, 0.2) is 54.6 Å². The van der Waals surface area contributed by atoms with Crippen molar-refractivity contribution in [3.8, 4) is 17.6 Å². The molecular weight excluding hydrogens is 258 g/mol. The Bertz CT molecular complexity index is 578. The van der Waals surface area contributed by atoms with E-state index >= 15 is 0 Å². The predicted molar refractivity (Wildman–Crippen MR) is 87.3 cm³/mol. The van der Waals surface area contributed by atoms with Gasteiger partial charge in [-0.15, -0.1) is 0 Å². The zero-order valence-electron chi connectivity index (χ0n) is 12.4. The lowest BCUT2D eigenvalue weighted by atomic mass is 10.2. The van der Waals surface area contributed by atoms with E-state index in [4.69, 9.17) is 4.74 Å². The highest BCUT2D eigenvalue weighted by molar-refractivity contribution is 5.34. The van der Waals surface area contributed by atoms with Crippen molar-refractivity contribution in [1.82, 2.24) is 5.32 Å². The summed E-state index contributed by atoms with van der Waals surface area (Å²) < 4.78 is 5.61. The van der Waals surface area contributed by atoms with E-state index in [9.17, 15) is 0 Å². The van der Waals surface area contributed by atoms with Crippen molar-refractivity contribution in [2.45, 2.75) is 19.9 Å². The number of benzene rings is 2. The largest absolute Gasteiger partial charge is 0.481 e. The van der Waals surface area contributed by atoms with Gasteiger partial charge < -0.3 is 10.1 Å². The first-order chi connectivity index (χ1) is 10.4. The lowest BCUT2D eigenvalue weighted by Crippen LogP contribution is -2.13. The number of hydrogen-bond donors (Lipinski definition) is 1. The fraction of sp³-hybridized carbons (Fsp3) is 0.263. The van der Waals surface area contributed by atoms with Gasteiger partial charge in [0.2, 0.25) is 0 Å². The molecule has 2 aromatic carbocycles. The van der Waals surface area contributed by atoms with E-state index in [0.29, 0.717) is 6.61 Å². The zero-order chi connectivity index (χ0) is 14.8. The Morgan fingerprint density at radius 3 is 2.48 bits per heavy atom. The Balaban J connectivity index is 1.77. The quantitative estimate of drug-likeness (QED) is 0.644. The van der Waals surface area contributed by atoms with E-state index in [1.807, 2.05) is 42.5 Å². The lowest BCUT2D eigenvalue weighted by molar-refractivity contribution is 0.370. The minimum absolute atomic E-state index is 0.405. The first-order valence-electron chi connectivity index (χ1n) is 7.35. The van der Waals surface area contributed by atoms with Crippen LogP contribution in [-0.4, -0.2) is 13.2 Å². The summed E-state index contributed by atoms with van der Waals surface area (Å²) in [6.07, 6.45) is 1.15. The molecule has 0 aliphatic rings. The molecule has 0 heterocycles. The third-order valence-electron chi connectivity index (χ3n) is 3.00. The molecule has 21 heavy (non-hydrogen) atoms. The van der Waals surface area contributed by atoms with Gasteiger partial charge in [0.05, 0.1) is 0 Å². The number of hydrogen-bond acceptors (Lipinski definition) is 2. The molecule has 0 bridgehead atoms. The first kappa shape index (κ1) is 15.2. The van der Waals surface area contributed by atoms with Crippen LogP contribution in [0, 0.1) is 11.8 Å². The SMILES string of the molecule is CCCNCc1ccc(OCC#Cc2ccccc2)cc1. The van der Waals surface area contributed by atoms with E-state index in [2.05, 4.69) is 36.2 Å². The molecule has 108 valence electrons. The highest BCUT2D eigenvalue weighted by Crippen LogP contribution is 2.11. The second kappa shape index (κ2) is 8.84. The minimum Gasteiger partial charge on any atom is -0.481 e. The van der Waals surface area contributed by atoms with Crippen LogP contribution in [0.25, 0.3) is 0 Å². The number of ether oxygens (including phenoxy) is 1. The monoisotopic (exact) mass is 279 g/mol. The molecule has 0 spiro atoms. The second-order valence-corrected chi connectivity index (χ2v) is 4.78. The van der Waals surface area contributed by atoms with Crippen molar-refractivity contribution >= 4 is 0 Å². The van der Waals surface area contributed by atoms with Gasteiger partial charge in [0.25, 0.3) is 0 Å². The molecule has 0 saturated carbocycles. The molecule has 0 aromatic heterocycles. The molecule has 0 atom stereocenters. The van der Waals surface area contributed by atoms with Crippen LogP contribution in [0.1, 0.15) is 24.5 Å². The lowest BCUT2D eigenvalue weighted by Gasteiger charge is -2.05. The molecule has 0 fully saturated rings. The summed E-state index contributed by atoms with van der Waals surface area (Å²) in [5.74, 6) is 6.96.